The maximum Gasteiger partial charge on any atom is 0.248 e. The maximum absolute atomic E-state index is 11.9. The highest BCUT2D eigenvalue weighted by Gasteiger charge is 2.35. The highest BCUT2D eigenvalue weighted by Crippen LogP contribution is 2.22. The molecule has 1 aliphatic heterocycles. The molecule has 1 fully saturated rings. The van der Waals surface area contributed by atoms with Gasteiger partial charge in [-0.15, -0.1) is 0 Å². The van der Waals surface area contributed by atoms with Gasteiger partial charge >= 0.3 is 0 Å². The molecule has 0 unspecified atom stereocenters. The molecule has 1 aromatic carbocycles. The van der Waals surface area contributed by atoms with Crippen LogP contribution in [0.25, 0.3) is 0 Å². The number of hydrogen-bond acceptors (Lipinski definition) is 7. The number of aliphatic hydroxyl groups excluding tert-OH is 2. The summed E-state index contributed by atoms with van der Waals surface area (Å²) in [6.07, 6.45) is 1.55. The van der Waals surface area contributed by atoms with Crippen molar-refractivity contribution in [3.8, 4) is 0 Å². The molecule has 0 bridgehead atoms. The molecule has 0 aliphatic carbocycles. The van der Waals surface area contributed by atoms with Crippen LogP contribution in [0.1, 0.15) is 43.5 Å². The van der Waals surface area contributed by atoms with E-state index in [2.05, 4.69) is 5.32 Å². The Bertz CT molecular complexity index is 688. The number of carbonyl (C=O) groups excluding carboxylic acids is 2. The SMILES string of the molecule is C[C@H](CC/C=C/C(=O)Nc1ccc(C(=O)[O-])cc1)O[C@@H]1O[C@@H](C)[C@H](O)C[C@H]1O. The predicted molar refractivity (Wildman–Crippen MR) is 99.3 cm³/mol. The van der Waals surface area contributed by atoms with Gasteiger partial charge in [0.05, 0.1) is 24.3 Å². The van der Waals surface area contributed by atoms with Gasteiger partial charge in [0.15, 0.2) is 6.29 Å². The van der Waals surface area contributed by atoms with Crippen LogP contribution in [0.15, 0.2) is 36.4 Å². The quantitative estimate of drug-likeness (QED) is 0.552. The van der Waals surface area contributed by atoms with Crippen molar-refractivity contribution in [1.29, 1.82) is 0 Å². The lowest BCUT2D eigenvalue weighted by molar-refractivity contribution is -0.273. The lowest BCUT2D eigenvalue weighted by Crippen LogP contribution is -2.48. The molecule has 1 amide bonds. The van der Waals surface area contributed by atoms with Crippen LogP contribution in [0.2, 0.25) is 0 Å². The van der Waals surface area contributed by atoms with E-state index < -0.39 is 30.6 Å². The number of allylic oxidation sites excluding steroid dienone is 1. The third-order valence-corrected chi connectivity index (χ3v) is 4.45. The smallest absolute Gasteiger partial charge is 0.248 e. The molecular weight excluding hydrogens is 366 g/mol. The number of amides is 1. The van der Waals surface area contributed by atoms with Gasteiger partial charge in [0.2, 0.25) is 5.91 Å². The van der Waals surface area contributed by atoms with Crippen molar-refractivity contribution in [2.24, 2.45) is 0 Å². The average molecular weight is 392 g/mol. The van der Waals surface area contributed by atoms with Gasteiger partial charge < -0.3 is 34.9 Å². The highest BCUT2D eigenvalue weighted by molar-refractivity contribution is 5.99. The summed E-state index contributed by atoms with van der Waals surface area (Å²) in [5.41, 5.74) is 0.523. The number of aliphatic hydroxyl groups is 2. The second-order valence-electron chi connectivity index (χ2n) is 6.86. The highest BCUT2D eigenvalue weighted by atomic mass is 16.7. The molecule has 8 heteroatoms. The zero-order valence-corrected chi connectivity index (χ0v) is 15.9. The standard InChI is InChI=1S/C20H27NO7/c1-12(27-20-17(23)11-16(22)13(2)28-20)5-3-4-6-18(24)21-15-9-7-14(8-10-15)19(25)26/h4,6-10,12-13,16-17,20,22-23H,3,5,11H2,1-2H3,(H,21,24)(H,25,26)/p-1/b6-4+/t12-,13+,16-,17-,20-/m1/s1. The molecule has 1 saturated heterocycles. The number of nitrogens with one attached hydrogen (secondary N) is 1. The second-order valence-corrected chi connectivity index (χ2v) is 6.86. The first-order valence-electron chi connectivity index (χ1n) is 9.22. The lowest BCUT2D eigenvalue weighted by atomic mass is 10.0. The van der Waals surface area contributed by atoms with Gasteiger partial charge in [0.25, 0.3) is 0 Å². The third kappa shape index (κ3) is 6.72. The number of ether oxygens (including phenoxy) is 2. The molecule has 0 spiro atoms. The van der Waals surface area contributed by atoms with Gasteiger partial charge in [-0.05, 0) is 50.5 Å². The van der Waals surface area contributed by atoms with Crippen LogP contribution in [0.3, 0.4) is 0 Å². The number of carboxylic acids is 1. The molecule has 0 radical (unpaired) electrons. The topological polar surface area (TPSA) is 128 Å². The minimum atomic E-state index is -1.27. The van der Waals surface area contributed by atoms with Crippen LogP contribution in [0.5, 0.6) is 0 Å². The van der Waals surface area contributed by atoms with Crippen molar-refractivity contribution >= 4 is 17.6 Å². The molecule has 3 N–H and O–H groups in total. The number of hydrogen-bond donors (Lipinski definition) is 3. The number of aromatic carboxylic acids is 1. The molecule has 1 heterocycles. The number of carbonyl (C=O) groups is 2. The minimum absolute atomic E-state index is 0.0403. The average Bonchev–Trinajstić information content (AvgIpc) is 2.63. The molecular formula is C20H26NO7-. The van der Waals surface area contributed by atoms with E-state index in [-0.39, 0.29) is 24.0 Å². The van der Waals surface area contributed by atoms with Crippen LogP contribution in [-0.4, -0.2) is 52.8 Å². The Labute approximate surface area is 163 Å². The Morgan fingerprint density at radius 2 is 2.00 bits per heavy atom. The van der Waals surface area contributed by atoms with Gasteiger partial charge in [-0.1, -0.05) is 18.2 Å². The van der Waals surface area contributed by atoms with E-state index >= 15 is 0 Å². The van der Waals surface area contributed by atoms with E-state index in [0.717, 1.165) is 0 Å². The Kier molecular flexibility index (Phi) is 8.13. The third-order valence-electron chi connectivity index (χ3n) is 4.45. The van der Waals surface area contributed by atoms with E-state index in [1.165, 1.54) is 30.3 Å². The summed E-state index contributed by atoms with van der Waals surface area (Å²) in [7, 11) is 0. The second kappa shape index (κ2) is 10.3. The molecule has 0 saturated carbocycles. The van der Waals surface area contributed by atoms with Crippen molar-refractivity contribution < 1.29 is 34.4 Å². The monoisotopic (exact) mass is 392 g/mol. The van der Waals surface area contributed by atoms with Crippen LogP contribution in [-0.2, 0) is 14.3 Å². The van der Waals surface area contributed by atoms with Crippen molar-refractivity contribution in [2.45, 2.75) is 63.8 Å². The first-order chi connectivity index (χ1) is 13.3. The molecule has 28 heavy (non-hydrogen) atoms. The first kappa shape index (κ1) is 22.0. The Balaban J connectivity index is 1.70. The van der Waals surface area contributed by atoms with Gasteiger partial charge in [0, 0.05) is 12.1 Å². The molecule has 8 nitrogen and oxygen atoms in total. The Morgan fingerprint density at radius 1 is 1.32 bits per heavy atom. The van der Waals surface area contributed by atoms with E-state index in [4.69, 9.17) is 9.47 Å². The fourth-order valence-corrected chi connectivity index (χ4v) is 2.76. The van der Waals surface area contributed by atoms with Crippen molar-refractivity contribution in [2.75, 3.05) is 5.32 Å². The molecule has 154 valence electrons. The summed E-state index contributed by atoms with van der Waals surface area (Å²) in [5.74, 6) is -1.60. The summed E-state index contributed by atoms with van der Waals surface area (Å²) in [6.45, 7) is 3.57. The lowest BCUT2D eigenvalue weighted by Gasteiger charge is -2.36. The molecule has 1 aliphatic rings. The molecule has 2 rings (SSSR count). The first-order valence-corrected chi connectivity index (χ1v) is 9.22. The summed E-state index contributed by atoms with van der Waals surface area (Å²) >= 11 is 0. The Hall–Kier alpha value is -2.26. The van der Waals surface area contributed by atoms with Crippen LogP contribution in [0.4, 0.5) is 5.69 Å². The van der Waals surface area contributed by atoms with Gasteiger partial charge in [-0.2, -0.15) is 0 Å². The largest absolute Gasteiger partial charge is 0.545 e. The van der Waals surface area contributed by atoms with Gasteiger partial charge in [0.1, 0.15) is 6.10 Å². The molecule has 1 aromatic rings. The maximum atomic E-state index is 11.9. The Morgan fingerprint density at radius 3 is 2.64 bits per heavy atom. The van der Waals surface area contributed by atoms with Crippen molar-refractivity contribution in [1.82, 2.24) is 0 Å². The zero-order chi connectivity index (χ0) is 20.7. The number of anilines is 1. The normalized spacial score (nSPS) is 26.1. The van der Waals surface area contributed by atoms with E-state index in [0.29, 0.717) is 18.5 Å². The number of rotatable bonds is 8. The number of benzene rings is 1. The fourth-order valence-electron chi connectivity index (χ4n) is 2.76. The zero-order valence-electron chi connectivity index (χ0n) is 15.9. The predicted octanol–water partition coefficient (Wildman–Crippen LogP) is 0.587. The summed E-state index contributed by atoms with van der Waals surface area (Å²) in [5, 5.41) is 32.9. The van der Waals surface area contributed by atoms with Crippen LogP contribution < -0.4 is 10.4 Å². The minimum Gasteiger partial charge on any atom is -0.545 e. The molecule has 5 atom stereocenters. The van der Waals surface area contributed by atoms with Crippen LogP contribution in [0, 0.1) is 0 Å². The number of carboxylic acid groups (broad SMARTS) is 1. The van der Waals surface area contributed by atoms with E-state index in [9.17, 15) is 24.9 Å². The van der Waals surface area contributed by atoms with E-state index in [1.807, 2.05) is 6.92 Å². The van der Waals surface area contributed by atoms with Gasteiger partial charge in [-0.3, -0.25) is 4.79 Å². The van der Waals surface area contributed by atoms with Crippen molar-refractivity contribution in [3.05, 3.63) is 42.0 Å². The summed E-state index contributed by atoms with van der Waals surface area (Å²) in [4.78, 5) is 22.6. The van der Waals surface area contributed by atoms with E-state index in [1.54, 1.807) is 13.0 Å². The molecule has 0 aromatic heterocycles. The van der Waals surface area contributed by atoms with Gasteiger partial charge in [-0.25, -0.2) is 0 Å². The summed E-state index contributed by atoms with van der Waals surface area (Å²) in [6, 6.07) is 5.69. The van der Waals surface area contributed by atoms with Crippen molar-refractivity contribution in [3.63, 3.8) is 0 Å². The van der Waals surface area contributed by atoms with Crippen LogP contribution >= 0.6 is 0 Å². The summed E-state index contributed by atoms with van der Waals surface area (Å²) < 4.78 is 11.2. The fraction of sp³-hybridized carbons (Fsp3) is 0.500.